The van der Waals surface area contributed by atoms with Crippen molar-refractivity contribution in [1.82, 2.24) is 0 Å². The molecule has 0 bridgehead atoms. The van der Waals surface area contributed by atoms with Gasteiger partial charge in [-0.1, -0.05) is 12.1 Å². The predicted molar refractivity (Wildman–Crippen MR) is 68.9 cm³/mol. The highest BCUT2D eigenvalue weighted by Gasteiger charge is 2.18. The van der Waals surface area contributed by atoms with Crippen molar-refractivity contribution >= 4 is 27.5 Å². The summed E-state index contributed by atoms with van der Waals surface area (Å²) >= 11 is 0. The van der Waals surface area contributed by atoms with Gasteiger partial charge in [-0.15, -0.1) is 0 Å². The standard InChI is InChI=1S/C12H13NO6S/c13-11(15)7-20(18,19)9-3-1-8(2-4-9)10(14)5-6-12(16)17/h1-4H,5-7H2,(H2,13,15)(H,16,17). The monoisotopic (exact) mass is 299 g/mol. The molecule has 0 radical (unpaired) electrons. The molecule has 1 amide bonds. The van der Waals surface area contributed by atoms with Gasteiger partial charge < -0.3 is 10.8 Å². The van der Waals surface area contributed by atoms with Crippen molar-refractivity contribution < 1.29 is 27.9 Å². The average molecular weight is 299 g/mol. The topological polar surface area (TPSA) is 132 Å². The lowest BCUT2D eigenvalue weighted by atomic mass is 10.1. The second kappa shape index (κ2) is 6.29. The van der Waals surface area contributed by atoms with Crippen LogP contribution < -0.4 is 5.73 Å². The Morgan fingerprint density at radius 3 is 2.05 bits per heavy atom. The van der Waals surface area contributed by atoms with Crippen LogP contribution in [-0.2, 0) is 19.4 Å². The zero-order valence-corrected chi connectivity index (χ0v) is 11.2. The maximum Gasteiger partial charge on any atom is 0.303 e. The van der Waals surface area contributed by atoms with Crippen LogP contribution in [0.1, 0.15) is 23.2 Å². The summed E-state index contributed by atoms with van der Waals surface area (Å²) in [6, 6.07) is 4.93. The molecule has 0 heterocycles. The van der Waals surface area contributed by atoms with Crippen LogP contribution in [-0.4, -0.2) is 36.9 Å². The third-order valence-corrected chi connectivity index (χ3v) is 4.09. The van der Waals surface area contributed by atoms with E-state index in [1.54, 1.807) is 0 Å². The second-order valence-electron chi connectivity index (χ2n) is 4.07. The Labute approximate surface area is 115 Å². The number of primary amides is 1. The van der Waals surface area contributed by atoms with Gasteiger partial charge in [0.05, 0.1) is 11.3 Å². The molecule has 0 saturated carbocycles. The molecule has 0 atom stereocenters. The Bertz CT molecular complexity index is 632. The van der Waals surface area contributed by atoms with Gasteiger partial charge in [0.25, 0.3) is 0 Å². The fraction of sp³-hybridized carbons (Fsp3) is 0.250. The molecule has 20 heavy (non-hydrogen) atoms. The van der Waals surface area contributed by atoms with Crippen LogP contribution in [0.3, 0.4) is 0 Å². The van der Waals surface area contributed by atoms with Gasteiger partial charge in [-0.25, -0.2) is 8.42 Å². The zero-order valence-electron chi connectivity index (χ0n) is 10.4. The number of carbonyl (C=O) groups excluding carboxylic acids is 2. The lowest BCUT2D eigenvalue weighted by Crippen LogP contribution is -2.23. The van der Waals surface area contributed by atoms with E-state index in [9.17, 15) is 22.8 Å². The van der Waals surface area contributed by atoms with E-state index in [2.05, 4.69) is 0 Å². The minimum Gasteiger partial charge on any atom is -0.481 e. The summed E-state index contributed by atoms with van der Waals surface area (Å²) in [6.07, 6.45) is -0.455. The zero-order chi connectivity index (χ0) is 15.3. The number of carboxylic acid groups (broad SMARTS) is 1. The number of hydrogen-bond donors (Lipinski definition) is 2. The van der Waals surface area contributed by atoms with Gasteiger partial charge in [-0.3, -0.25) is 14.4 Å². The minimum absolute atomic E-state index is 0.119. The summed E-state index contributed by atoms with van der Waals surface area (Å²) in [7, 11) is -3.81. The molecule has 0 saturated heterocycles. The van der Waals surface area contributed by atoms with E-state index in [-0.39, 0.29) is 23.3 Å². The van der Waals surface area contributed by atoms with E-state index < -0.39 is 33.2 Å². The number of benzene rings is 1. The maximum absolute atomic E-state index is 11.7. The van der Waals surface area contributed by atoms with Crippen LogP contribution in [0, 0.1) is 0 Å². The first kappa shape index (κ1) is 15.8. The van der Waals surface area contributed by atoms with Crippen molar-refractivity contribution in [3.05, 3.63) is 29.8 Å². The molecule has 8 heteroatoms. The Morgan fingerprint density at radius 2 is 1.60 bits per heavy atom. The number of sulfone groups is 1. The SMILES string of the molecule is NC(=O)CS(=O)(=O)c1ccc(C(=O)CCC(=O)O)cc1. The molecular weight excluding hydrogens is 286 g/mol. The molecule has 0 fully saturated rings. The highest BCUT2D eigenvalue weighted by Crippen LogP contribution is 2.14. The van der Waals surface area contributed by atoms with Crippen molar-refractivity contribution in [1.29, 1.82) is 0 Å². The summed E-state index contributed by atoms with van der Waals surface area (Å²) in [4.78, 5) is 32.5. The molecule has 0 aliphatic rings. The van der Waals surface area contributed by atoms with Crippen LogP contribution in [0.25, 0.3) is 0 Å². The summed E-state index contributed by atoms with van der Waals surface area (Å²) in [5.41, 5.74) is 5.05. The molecule has 1 rings (SSSR count). The van der Waals surface area contributed by atoms with Gasteiger partial charge in [0.1, 0.15) is 5.75 Å². The minimum atomic E-state index is -3.81. The number of amides is 1. The Kier molecular flexibility index (Phi) is 4.98. The van der Waals surface area contributed by atoms with Crippen LogP contribution in [0.4, 0.5) is 0 Å². The van der Waals surface area contributed by atoms with Crippen LogP contribution in [0.2, 0.25) is 0 Å². The van der Waals surface area contributed by atoms with Gasteiger partial charge in [-0.2, -0.15) is 0 Å². The molecular formula is C12H13NO6S. The summed E-state index contributed by atoms with van der Waals surface area (Å²) < 4.78 is 23.4. The van der Waals surface area contributed by atoms with Crippen molar-refractivity contribution in [3.8, 4) is 0 Å². The number of carbonyl (C=O) groups is 3. The molecule has 0 spiro atoms. The smallest absolute Gasteiger partial charge is 0.303 e. The lowest BCUT2D eigenvalue weighted by molar-refractivity contribution is -0.137. The molecule has 3 N–H and O–H groups in total. The molecule has 0 aliphatic heterocycles. The van der Waals surface area contributed by atoms with Gasteiger partial charge in [-0.05, 0) is 12.1 Å². The van der Waals surface area contributed by atoms with Crippen molar-refractivity contribution in [2.24, 2.45) is 5.73 Å². The molecule has 7 nitrogen and oxygen atoms in total. The Morgan fingerprint density at radius 1 is 1.05 bits per heavy atom. The van der Waals surface area contributed by atoms with E-state index in [1.807, 2.05) is 0 Å². The number of carboxylic acids is 1. The van der Waals surface area contributed by atoms with Gasteiger partial charge in [0.15, 0.2) is 15.6 Å². The summed E-state index contributed by atoms with van der Waals surface area (Å²) in [6.45, 7) is 0. The highest BCUT2D eigenvalue weighted by atomic mass is 32.2. The molecule has 0 unspecified atom stereocenters. The first-order valence-corrected chi connectivity index (χ1v) is 7.24. The number of nitrogens with two attached hydrogens (primary N) is 1. The van der Waals surface area contributed by atoms with E-state index in [4.69, 9.17) is 10.8 Å². The van der Waals surface area contributed by atoms with Gasteiger partial charge in [0.2, 0.25) is 5.91 Å². The summed E-state index contributed by atoms with van der Waals surface area (Å²) in [5, 5.41) is 8.47. The number of ketones is 1. The predicted octanol–water partition coefficient (Wildman–Crippen LogP) is -0.00690. The van der Waals surface area contributed by atoms with E-state index in [0.717, 1.165) is 0 Å². The largest absolute Gasteiger partial charge is 0.481 e. The fourth-order valence-corrected chi connectivity index (χ4v) is 2.58. The van der Waals surface area contributed by atoms with Crippen LogP contribution >= 0.6 is 0 Å². The van der Waals surface area contributed by atoms with Gasteiger partial charge in [0, 0.05) is 12.0 Å². The van der Waals surface area contributed by atoms with Crippen molar-refractivity contribution in [3.63, 3.8) is 0 Å². The first-order chi connectivity index (χ1) is 9.22. The molecule has 1 aromatic rings. The van der Waals surface area contributed by atoms with E-state index in [0.29, 0.717) is 0 Å². The fourth-order valence-electron chi connectivity index (χ4n) is 1.48. The first-order valence-electron chi connectivity index (χ1n) is 5.58. The van der Waals surface area contributed by atoms with E-state index in [1.165, 1.54) is 24.3 Å². The third-order valence-electron chi connectivity index (χ3n) is 2.43. The molecule has 0 aromatic heterocycles. The number of hydrogen-bond acceptors (Lipinski definition) is 5. The second-order valence-corrected chi connectivity index (χ2v) is 6.06. The summed E-state index contributed by atoms with van der Waals surface area (Å²) in [5.74, 6) is -3.25. The third kappa shape index (κ3) is 4.47. The lowest BCUT2D eigenvalue weighted by Gasteiger charge is -2.04. The highest BCUT2D eigenvalue weighted by molar-refractivity contribution is 7.92. The Hall–Kier alpha value is -2.22. The quantitative estimate of drug-likeness (QED) is 0.681. The number of rotatable bonds is 7. The van der Waals surface area contributed by atoms with E-state index >= 15 is 0 Å². The maximum atomic E-state index is 11.7. The van der Waals surface area contributed by atoms with Crippen LogP contribution in [0.5, 0.6) is 0 Å². The number of Topliss-reactive ketones (excluding diaryl/α,β-unsaturated/α-hetero) is 1. The van der Waals surface area contributed by atoms with Crippen molar-refractivity contribution in [2.45, 2.75) is 17.7 Å². The molecule has 1 aromatic carbocycles. The molecule has 108 valence electrons. The average Bonchev–Trinajstić information content (AvgIpc) is 2.34. The normalized spacial score (nSPS) is 11.0. The van der Waals surface area contributed by atoms with Gasteiger partial charge >= 0.3 is 5.97 Å². The Balaban J connectivity index is 2.86. The van der Waals surface area contributed by atoms with Crippen molar-refractivity contribution in [2.75, 3.05) is 5.75 Å². The number of aliphatic carboxylic acids is 1. The molecule has 0 aliphatic carbocycles. The van der Waals surface area contributed by atoms with Crippen LogP contribution in [0.15, 0.2) is 29.2 Å².